The third-order valence-corrected chi connectivity index (χ3v) is 4.27. The van der Waals surface area contributed by atoms with Gasteiger partial charge in [0.1, 0.15) is 24.4 Å². The van der Waals surface area contributed by atoms with Gasteiger partial charge in [-0.25, -0.2) is 0 Å². The lowest BCUT2D eigenvalue weighted by molar-refractivity contribution is -0.112. The monoisotopic (exact) mass is 389 g/mol. The molecule has 0 saturated heterocycles. The first-order chi connectivity index (χ1) is 14.0. The largest absolute Gasteiger partial charge is 0.490 e. The van der Waals surface area contributed by atoms with Crippen molar-refractivity contribution in [1.82, 2.24) is 0 Å². The highest BCUT2D eigenvalue weighted by molar-refractivity contribution is 6.07. The van der Waals surface area contributed by atoms with E-state index in [0.717, 1.165) is 23.2 Å². The highest BCUT2D eigenvalue weighted by Crippen LogP contribution is 2.26. The number of aldehydes is 1. The zero-order chi connectivity index (χ0) is 20.8. The lowest BCUT2D eigenvalue weighted by Gasteiger charge is -2.17. The lowest BCUT2D eigenvalue weighted by Crippen LogP contribution is -2.16. The van der Waals surface area contributed by atoms with Crippen LogP contribution in [0.3, 0.4) is 0 Å². The minimum Gasteiger partial charge on any atom is -0.490 e. The number of carbonyl (C=O) groups is 2. The van der Waals surface area contributed by atoms with Crippen LogP contribution in [-0.4, -0.2) is 24.9 Å². The number of amides is 1. The fourth-order valence-electron chi connectivity index (χ4n) is 2.86. The van der Waals surface area contributed by atoms with Crippen molar-refractivity contribution in [2.24, 2.45) is 0 Å². The molecule has 0 aromatic heterocycles. The lowest BCUT2D eigenvalue weighted by atomic mass is 10.1. The Bertz CT molecular complexity index is 984. The molecule has 0 saturated carbocycles. The van der Waals surface area contributed by atoms with Gasteiger partial charge in [0.15, 0.2) is 0 Å². The number of nitrogens with one attached hydrogen (secondary N) is 1. The minimum atomic E-state index is -0.233. The van der Waals surface area contributed by atoms with Crippen LogP contribution in [-0.2, 0) is 9.53 Å². The Morgan fingerprint density at radius 2 is 1.97 bits per heavy atom. The number of hydrogen-bond acceptors (Lipinski definition) is 4. The summed E-state index contributed by atoms with van der Waals surface area (Å²) in [4.78, 5) is 23.5. The Labute approximate surface area is 170 Å². The summed E-state index contributed by atoms with van der Waals surface area (Å²) in [5.74, 6) is 1.07. The molecule has 0 aliphatic carbocycles. The van der Waals surface area contributed by atoms with Gasteiger partial charge in [-0.05, 0) is 44.2 Å². The molecule has 0 bridgehead atoms. The normalized spacial score (nSPS) is 13.1. The van der Waals surface area contributed by atoms with Crippen LogP contribution in [0, 0.1) is 0 Å². The second kappa shape index (κ2) is 9.06. The van der Waals surface area contributed by atoms with Crippen LogP contribution in [0.25, 0.3) is 11.8 Å². The van der Waals surface area contributed by atoms with E-state index >= 15 is 0 Å². The molecule has 1 aliphatic heterocycles. The zero-order valence-electron chi connectivity index (χ0n) is 16.5. The van der Waals surface area contributed by atoms with Gasteiger partial charge < -0.3 is 14.8 Å². The van der Waals surface area contributed by atoms with Crippen molar-refractivity contribution in [1.29, 1.82) is 0 Å². The zero-order valence-corrected chi connectivity index (χ0v) is 16.5. The molecule has 0 fully saturated rings. The van der Waals surface area contributed by atoms with Crippen LogP contribution in [0.15, 0.2) is 66.8 Å². The van der Waals surface area contributed by atoms with E-state index in [1.54, 1.807) is 48.6 Å². The Morgan fingerprint density at radius 1 is 1.21 bits per heavy atom. The van der Waals surface area contributed by atoms with Gasteiger partial charge in [0.2, 0.25) is 0 Å². The van der Waals surface area contributed by atoms with Crippen LogP contribution < -0.4 is 10.1 Å². The van der Waals surface area contributed by atoms with Crippen molar-refractivity contribution in [2.45, 2.75) is 20.0 Å². The summed E-state index contributed by atoms with van der Waals surface area (Å²) in [5, 5.41) is 2.90. The highest BCUT2D eigenvalue weighted by Gasteiger charge is 2.15. The van der Waals surface area contributed by atoms with Gasteiger partial charge in [-0.1, -0.05) is 36.9 Å². The molecule has 3 rings (SSSR count). The Hall–Kier alpha value is -3.60. The molecule has 1 aliphatic rings. The number of rotatable bonds is 7. The van der Waals surface area contributed by atoms with Crippen molar-refractivity contribution in [3.05, 3.63) is 83.5 Å². The molecule has 148 valence electrons. The van der Waals surface area contributed by atoms with Crippen molar-refractivity contribution < 1.29 is 19.1 Å². The van der Waals surface area contributed by atoms with Crippen molar-refractivity contribution in [3.63, 3.8) is 0 Å². The molecule has 5 nitrogen and oxygen atoms in total. The number of ether oxygens (including phenoxy) is 2. The van der Waals surface area contributed by atoms with Gasteiger partial charge in [-0.15, -0.1) is 0 Å². The molecule has 5 heteroatoms. The molecule has 1 amide bonds. The third kappa shape index (κ3) is 5.02. The molecule has 0 unspecified atom stereocenters. The smallest absolute Gasteiger partial charge is 0.255 e. The van der Waals surface area contributed by atoms with Crippen LogP contribution in [0.5, 0.6) is 5.75 Å². The van der Waals surface area contributed by atoms with E-state index in [1.807, 2.05) is 26.0 Å². The SMILES string of the molecule is C=Cc1cc(NC(=O)C2=CCOC(c3ccc(C=O)cc3)=C2)ccc1OC(C)C. The van der Waals surface area contributed by atoms with Crippen molar-refractivity contribution >= 4 is 29.7 Å². The topological polar surface area (TPSA) is 64.6 Å². The summed E-state index contributed by atoms with van der Waals surface area (Å²) in [6, 6.07) is 12.4. The maximum absolute atomic E-state index is 12.7. The van der Waals surface area contributed by atoms with Crippen LogP contribution >= 0.6 is 0 Å². The Morgan fingerprint density at radius 3 is 2.62 bits per heavy atom. The first kappa shape index (κ1) is 20.1. The van der Waals surface area contributed by atoms with Gasteiger partial charge >= 0.3 is 0 Å². The summed E-state index contributed by atoms with van der Waals surface area (Å²) in [7, 11) is 0. The predicted molar refractivity (Wildman–Crippen MR) is 115 cm³/mol. The van der Waals surface area contributed by atoms with Gasteiger partial charge in [0.25, 0.3) is 5.91 Å². The second-order valence-electron chi connectivity index (χ2n) is 6.80. The molecule has 0 spiro atoms. The van der Waals surface area contributed by atoms with E-state index in [-0.39, 0.29) is 12.0 Å². The fraction of sp³-hybridized carbons (Fsp3) is 0.167. The summed E-state index contributed by atoms with van der Waals surface area (Å²) in [5.41, 5.74) is 3.36. The first-order valence-electron chi connectivity index (χ1n) is 9.35. The molecule has 0 radical (unpaired) electrons. The average molecular weight is 389 g/mol. The van der Waals surface area contributed by atoms with Crippen LogP contribution in [0.2, 0.25) is 0 Å². The van der Waals surface area contributed by atoms with E-state index in [0.29, 0.717) is 29.2 Å². The van der Waals surface area contributed by atoms with Gasteiger partial charge in [-0.2, -0.15) is 0 Å². The highest BCUT2D eigenvalue weighted by atomic mass is 16.5. The summed E-state index contributed by atoms with van der Waals surface area (Å²) in [6.07, 6.45) is 5.95. The second-order valence-corrected chi connectivity index (χ2v) is 6.80. The molecule has 2 aromatic rings. The Kier molecular flexibility index (Phi) is 6.29. The third-order valence-electron chi connectivity index (χ3n) is 4.27. The molecule has 2 aromatic carbocycles. The summed E-state index contributed by atoms with van der Waals surface area (Å²) >= 11 is 0. The molecule has 29 heavy (non-hydrogen) atoms. The van der Waals surface area contributed by atoms with E-state index in [4.69, 9.17) is 9.47 Å². The molecular weight excluding hydrogens is 366 g/mol. The van der Waals surface area contributed by atoms with Gasteiger partial charge in [-0.3, -0.25) is 9.59 Å². The fourth-order valence-corrected chi connectivity index (χ4v) is 2.86. The standard InChI is InChI=1S/C24H23NO4/c1-4-18-13-21(9-10-22(18)29-16(2)3)25-24(27)20-11-12-28-23(14-20)19-7-5-17(15-26)6-8-19/h4-11,13-16H,1,12H2,2-3H3,(H,25,27). The van der Waals surface area contributed by atoms with Gasteiger partial charge in [0, 0.05) is 28.0 Å². The number of hydrogen-bond donors (Lipinski definition) is 1. The van der Waals surface area contributed by atoms with E-state index in [2.05, 4.69) is 11.9 Å². The molecular formula is C24H23NO4. The number of anilines is 1. The average Bonchev–Trinajstić information content (AvgIpc) is 2.74. The maximum atomic E-state index is 12.7. The van der Waals surface area contributed by atoms with Crippen LogP contribution in [0.4, 0.5) is 5.69 Å². The Balaban J connectivity index is 1.76. The van der Waals surface area contributed by atoms with E-state index < -0.39 is 0 Å². The molecule has 1 heterocycles. The van der Waals surface area contributed by atoms with E-state index in [9.17, 15) is 9.59 Å². The van der Waals surface area contributed by atoms with Gasteiger partial charge in [0.05, 0.1) is 6.10 Å². The van der Waals surface area contributed by atoms with Crippen molar-refractivity contribution in [2.75, 3.05) is 11.9 Å². The predicted octanol–water partition coefficient (Wildman–Crippen LogP) is 4.87. The molecule has 0 atom stereocenters. The van der Waals surface area contributed by atoms with Crippen molar-refractivity contribution in [3.8, 4) is 5.75 Å². The minimum absolute atomic E-state index is 0.0469. The summed E-state index contributed by atoms with van der Waals surface area (Å²) < 4.78 is 11.4. The quantitative estimate of drug-likeness (QED) is 0.687. The molecule has 1 N–H and O–H groups in total. The number of benzene rings is 2. The van der Waals surface area contributed by atoms with Crippen LogP contribution in [0.1, 0.15) is 35.3 Å². The van der Waals surface area contributed by atoms with E-state index in [1.165, 1.54) is 0 Å². The first-order valence-corrected chi connectivity index (χ1v) is 9.35. The number of carbonyl (C=O) groups excluding carboxylic acids is 2. The maximum Gasteiger partial charge on any atom is 0.255 e. The summed E-state index contributed by atoms with van der Waals surface area (Å²) in [6.45, 7) is 8.02.